The molecule has 3 rings (SSSR count). The first-order valence-electron chi connectivity index (χ1n) is 5.84. The summed E-state index contributed by atoms with van der Waals surface area (Å²) in [7, 11) is 0. The minimum Gasteiger partial charge on any atom is -0.390 e. The Morgan fingerprint density at radius 2 is 2.22 bits per heavy atom. The Morgan fingerprint density at radius 1 is 1.44 bits per heavy atom. The van der Waals surface area contributed by atoms with Crippen LogP contribution in [0.25, 0.3) is 10.9 Å². The van der Waals surface area contributed by atoms with Crippen LogP contribution in [0.1, 0.15) is 23.7 Å². The lowest BCUT2D eigenvalue weighted by atomic mass is 9.96. The molecule has 0 radical (unpaired) electrons. The maximum atomic E-state index is 13.5. The van der Waals surface area contributed by atoms with Crippen molar-refractivity contribution in [3.63, 3.8) is 0 Å². The van der Waals surface area contributed by atoms with Crippen molar-refractivity contribution in [3.8, 4) is 0 Å². The Hall–Kier alpha value is -1.72. The van der Waals surface area contributed by atoms with Crippen molar-refractivity contribution in [2.75, 3.05) is 0 Å². The van der Waals surface area contributed by atoms with Gasteiger partial charge in [-0.2, -0.15) is 0 Å². The molecule has 2 heterocycles. The molecule has 3 N–H and O–H groups in total. The highest BCUT2D eigenvalue weighted by Gasteiger charge is 2.22. The molecule has 5 heteroatoms. The summed E-state index contributed by atoms with van der Waals surface area (Å²) in [6, 6.07) is 3.71. The standard InChI is InChI=1S/C13H13FN2O2/c14-7-3-9-11(15)1-2-16-8(6-17)5-12(18)10(4-7)13(9)16/h3-5,11,17H,1-2,6,15H2. The van der Waals surface area contributed by atoms with Crippen molar-refractivity contribution in [3.05, 3.63) is 45.5 Å². The smallest absolute Gasteiger partial charge is 0.189 e. The van der Waals surface area contributed by atoms with Crippen LogP contribution >= 0.6 is 0 Å². The summed E-state index contributed by atoms with van der Waals surface area (Å²) >= 11 is 0. The lowest BCUT2D eigenvalue weighted by Gasteiger charge is -2.26. The predicted octanol–water partition coefficient (Wildman–Crippen LogP) is 1.04. The molecule has 0 aliphatic carbocycles. The van der Waals surface area contributed by atoms with Crippen molar-refractivity contribution >= 4 is 10.9 Å². The fraction of sp³-hybridized carbons (Fsp3) is 0.308. The fourth-order valence-corrected chi connectivity index (χ4v) is 2.65. The number of aliphatic hydroxyl groups is 1. The molecule has 4 nitrogen and oxygen atoms in total. The van der Waals surface area contributed by atoms with Gasteiger partial charge in [0.15, 0.2) is 5.43 Å². The highest BCUT2D eigenvalue weighted by molar-refractivity contribution is 5.83. The summed E-state index contributed by atoms with van der Waals surface area (Å²) in [5.41, 5.74) is 7.54. The number of aryl methyl sites for hydroxylation is 1. The number of rotatable bonds is 1. The monoisotopic (exact) mass is 248 g/mol. The molecule has 0 amide bonds. The zero-order chi connectivity index (χ0) is 12.9. The molecule has 0 saturated heterocycles. The van der Waals surface area contributed by atoms with E-state index in [2.05, 4.69) is 0 Å². The number of aliphatic hydroxyl groups excluding tert-OH is 1. The quantitative estimate of drug-likeness (QED) is 0.792. The Labute approximate surface area is 102 Å². The van der Waals surface area contributed by atoms with Gasteiger partial charge in [0.1, 0.15) is 5.82 Å². The molecule has 94 valence electrons. The van der Waals surface area contributed by atoms with E-state index in [0.29, 0.717) is 35.1 Å². The Balaban J connectivity index is 2.53. The zero-order valence-corrected chi connectivity index (χ0v) is 9.69. The first-order chi connectivity index (χ1) is 8.61. The lowest BCUT2D eigenvalue weighted by Crippen LogP contribution is -2.25. The molecule has 0 spiro atoms. The Morgan fingerprint density at radius 3 is 2.94 bits per heavy atom. The molecule has 1 aliphatic rings. The maximum Gasteiger partial charge on any atom is 0.189 e. The highest BCUT2D eigenvalue weighted by atomic mass is 19.1. The Kier molecular flexibility index (Phi) is 2.46. The normalized spacial score (nSPS) is 18.3. The number of halogens is 1. The molecule has 0 fully saturated rings. The van der Waals surface area contributed by atoms with Crippen molar-refractivity contribution in [2.45, 2.75) is 25.6 Å². The number of aromatic nitrogens is 1. The molecule has 1 aliphatic heterocycles. The van der Waals surface area contributed by atoms with E-state index < -0.39 is 5.82 Å². The van der Waals surface area contributed by atoms with Crippen LogP contribution in [-0.4, -0.2) is 9.67 Å². The summed E-state index contributed by atoms with van der Waals surface area (Å²) in [5, 5.41) is 9.63. The van der Waals surface area contributed by atoms with Crippen molar-refractivity contribution in [2.24, 2.45) is 5.73 Å². The highest BCUT2D eigenvalue weighted by Crippen LogP contribution is 2.30. The van der Waals surface area contributed by atoms with Gasteiger partial charge in [0, 0.05) is 29.7 Å². The Bertz CT molecular complexity index is 693. The molecule has 1 aromatic heterocycles. The number of nitrogens with zero attached hydrogens (tertiary/aromatic N) is 1. The van der Waals surface area contributed by atoms with E-state index >= 15 is 0 Å². The van der Waals surface area contributed by atoms with Gasteiger partial charge in [0.25, 0.3) is 0 Å². The third-order valence-corrected chi connectivity index (χ3v) is 3.51. The second-order valence-corrected chi connectivity index (χ2v) is 4.60. The van der Waals surface area contributed by atoms with E-state index in [9.17, 15) is 14.3 Å². The van der Waals surface area contributed by atoms with Gasteiger partial charge in [0.2, 0.25) is 0 Å². The van der Waals surface area contributed by atoms with Gasteiger partial charge in [-0.3, -0.25) is 4.79 Å². The molecule has 0 saturated carbocycles. The molecule has 18 heavy (non-hydrogen) atoms. The average molecular weight is 248 g/mol. The van der Waals surface area contributed by atoms with Gasteiger partial charge in [0.05, 0.1) is 12.1 Å². The molecule has 1 aromatic carbocycles. The second-order valence-electron chi connectivity index (χ2n) is 4.60. The van der Waals surface area contributed by atoms with Crippen LogP contribution in [0.5, 0.6) is 0 Å². The molecular formula is C13H13FN2O2. The summed E-state index contributed by atoms with van der Waals surface area (Å²) < 4.78 is 15.4. The fourth-order valence-electron chi connectivity index (χ4n) is 2.65. The molecule has 0 bridgehead atoms. The largest absolute Gasteiger partial charge is 0.390 e. The third-order valence-electron chi connectivity index (χ3n) is 3.51. The van der Waals surface area contributed by atoms with Gasteiger partial charge < -0.3 is 15.4 Å². The van der Waals surface area contributed by atoms with E-state index in [1.807, 2.05) is 4.57 Å². The van der Waals surface area contributed by atoms with Crippen LogP contribution in [0.2, 0.25) is 0 Å². The molecular weight excluding hydrogens is 235 g/mol. The second kappa shape index (κ2) is 3.90. The molecule has 2 aromatic rings. The minimum atomic E-state index is -0.449. The van der Waals surface area contributed by atoms with Crippen LogP contribution in [0.3, 0.4) is 0 Å². The van der Waals surface area contributed by atoms with Crippen molar-refractivity contribution in [1.82, 2.24) is 4.57 Å². The number of pyridine rings is 1. The topological polar surface area (TPSA) is 68.2 Å². The van der Waals surface area contributed by atoms with Gasteiger partial charge in [-0.15, -0.1) is 0 Å². The SMILES string of the molecule is NC1CCn2c(CO)cc(=O)c3cc(F)cc1c32. The third kappa shape index (κ3) is 1.48. The van der Waals surface area contributed by atoms with Crippen LogP contribution in [0, 0.1) is 5.82 Å². The van der Waals surface area contributed by atoms with E-state index in [1.54, 1.807) is 0 Å². The number of hydrogen-bond donors (Lipinski definition) is 2. The van der Waals surface area contributed by atoms with Crippen molar-refractivity contribution in [1.29, 1.82) is 0 Å². The van der Waals surface area contributed by atoms with Crippen LogP contribution in [0.15, 0.2) is 23.0 Å². The van der Waals surface area contributed by atoms with Gasteiger partial charge in [-0.05, 0) is 24.1 Å². The van der Waals surface area contributed by atoms with E-state index in [1.165, 1.54) is 18.2 Å². The van der Waals surface area contributed by atoms with Gasteiger partial charge >= 0.3 is 0 Å². The van der Waals surface area contributed by atoms with E-state index in [4.69, 9.17) is 5.73 Å². The number of benzene rings is 1. The van der Waals surface area contributed by atoms with Crippen LogP contribution < -0.4 is 11.2 Å². The lowest BCUT2D eigenvalue weighted by molar-refractivity contribution is 0.268. The first kappa shape index (κ1) is 11.4. The van der Waals surface area contributed by atoms with E-state index in [0.717, 1.165) is 0 Å². The number of hydrogen-bond acceptors (Lipinski definition) is 3. The summed E-state index contributed by atoms with van der Waals surface area (Å²) in [6.45, 7) is 0.420. The minimum absolute atomic E-state index is 0.211. The summed E-state index contributed by atoms with van der Waals surface area (Å²) in [6.07, 6.45) is 0.668. The van der Waals surface area contributed by atoms with Crippen LogP contribution in [-0.2, 0) is 13.2 Å². The maximum absolute atomic E-state index is 13.5. The number of nitrogens with two attached hydrogens (primary N) is 1. The summed E-state index contributed by atoms with van der Waals surface area (Å²) in [4.78, 5) is 11.9. The summed E-state index contributed by atoms with van der Waals surface area (Å²) in [5.74, 6) is -0.449. The van der Waals surface area contributed by atoms with Gasteiger partial charge in [-0.25, -0.2) is 4.39 Å². The average Bonchev–Trinajstić information content (AvgIpc) is 2.36. The first-order valence-corrected chi connectivity index (χ1v) is 5.84. The van der Waals surface area contributed by atoms with Crippen molar-refractivity contribution < 1.29 is 9.50 Å². The predicted molar refractivity (Wildman–Crippen MR) is 65.6 cm³/mol. The molecule has 1 unspecified atom stereocenters. The van der Waals surface area contributed by atoms with Gasteiger partial charge in [-0.1, -0.05) is 0 Å². The van der Waals surface area contributed by atoms with E-state index in [-0.39, 0.29) is 18.1 Å². The molecule has 1 atom stereocenters. The zero-order valence-electron chi connectivity index (χ0n) is 9.69. The van der Waals surface area contributed by atoms with Crippen LogP contribution in [0.4, 0.5) is 4.39 Å².